The Kier molecular flexibility index (Phi) is 4.59. The van der Waals surface area contributed by atoms with E-state index in [0.717, 1.165) is 25.7 Å². The predicted molar refractivity (Wildman–Crippen MR) is 57.3 cm³/mol. The van der Waals surface area contributed by atoms with Crippen molar-refractivity contribution < 1.29 is 9.53 Å². The van der Waals surface area contributed by atoms with Crippen LogP contribution in [0.1, 0.15) is 52.9 Å². The van der Waals surface area contributed by atoms with Crippen LogP contribution in [0.4, 0.5) is 0 Å². The summed E-state index contributed by atoms with van der Waals surface area (Å²) in [5.74, 6) is 0.835. The molecule has 2 heteroatoms. The Balaban J connectivity index is 2.27. The average molecular weight is 198 g/mol. The first-order chi connectivity index (χ1) is 6.63. The number of hydrogen-bond acceptors (Lipinski definition) is 2. The van der Waals surface area contributed by atoms with E-state index in [2.05, 4.69) is 13.8 Å². The molecular weight excluding hydrogens is 176 g/mol. The Morgan fingerprint density at radius 3 is 2.71 bits per heavy atom. The van der Waals surface area contributed by atoms with Crippen LogP contribution in [0, 0.1) is 5.92 Å². The van der Waals surface area contributed by atoms with Crippen LogP contribution in [0.3, 0.4) is 0 Å². The Morgan fingerprint density at radius 2 is 2.21 bits per heavy atom. The number of carbonyl (C=O) groups excluding carboxylic acids is 1. The Labute approximate surface area is 87.0 Å². The third-order valence-electron chi connectivity index (χ3n) is 2.92. The molecule has 82 valence electrons. The molecule has 0 bridgehead atoms. The van der Waals surface area contributed by atoms with Crippen LogP contribution in [0.15, 0.2) is 0 Å². The van der Waals surface area contributed by atoms with Crippen molar-refractivity contribution in [2.45, 2.75) is 65.1 Å². The molecule has 1 aliphatic heterocycles. The van der Waals surface area contributed by atoms with Crippen molar-refractivity contribution in [3.05, 3.63) is 0 Å². The van der Waals surface area contributed by atoms with Crippen molar-refractivity contribution in [2.24, 2.45) is 5.92 Å². The largest absolute Gasteiger partial charge is 0.368 e. The van der Waals surface area contributed by atoms with Gasteiger partial charge in [0.1, 0.15) is 6.10 Å². The standard InChI is InChI=1S/C12H22O2/c1-4-5-9(2)8-11(13)12-7-6-10(3)14-12/h9-10,12H,4-8H2,1-3H3. The Morgan fingerprint density at radius 1 is 1.50 bits per heavy atom. The smallest absolute Gasteiger partial charge is 0.161 e. The van der Waals surface area contributed by atoms with Crippen molar-refractivity contribution >= 4 is 5.78 Å². The predicted octanol–water partition coefficient (Wildman–Crippen LogP) is 2.95. The van der Waals surface area contributed by atoms with Gasteiger partial charge in [0.2, 0.25) is 0 Å². The van der Waals surface area contributed by atoms with E-state index in [1.54, 1.807) is 0 Å². The maximum atomic E-state index is 11.8. The van der Waals surface area contributed by atoms with Gasteiger partial charge in [0, 0.05) is 6.42 Å². The zero-order chi connectivity index (χ0) is 10.6. The number of Topliss-reactive ketones (excluding diaryl/α,β-unsaturated/α-hetero) is 1. The summed E-state index contributed by atoms with van der Waals surface area (Å²) in [6, 6.07) is 0. The van der Waals surface area contributed by atoms with E-state index in [1.807, 2.05) is 6.92 Å². The topological polar surface area (TPSA) is 26.3 Å². The quantitative estimate of drug-likeness (QED) is 0.679. The molecule has 0 aromatic rings. The molecule has 1 fully saturated rings. The summed E-state index contributed by atoms with van der Waals surface area (Å²) >= 11 is 0. The summed E-state index contributed by atoms with van der Waals surface area (Å²) in [4.78, 5) is 11.8. The first-order valence-corrected chi connectivity index (χ1v) is 5.81. The van der Waals surface area contributed by atoms with Gasteiger partial charge in [-0.3, -0.25) is 4.79 Å². The highest BCUT2D eigenvalue weighted by molar-refractivity contribution is 5.83. The molecule has 0 aliphatic carbocycles. The van der Waals surface area contributed by atoms with Crippen LogP contribution in [0.5, 0.6) is 0 Å². The molecule has 1 rings (SSSR count). The van der Waals surface area contributed by atoms with Crippen molar-refractivity contribution in [1.82, 2.24) is 0 Å². The summed E-state index contributed by atoms with van der Waals surface area (Å²) in [6.45, 7) is 6.36. The minimum atomic E-state index is -0.0932. The molecule has 0 aromatic carbocycles. The van der Waals surface area contributed by atoms with E-state index < -0.39 is 0 Å². The average Bonchev–Trinajstić information content (AvgIpc) is 2.52. The maximum Gasteiger partial charge on any atom is 0.161 e. The molecule has 0 aromatic heterocycles. The highest BCUT2D eigenvalue weighted by Crippen LogP contribution is 2.22. The molecule has 0 radical (unpaired) electrons. The lowest BCUT2D eigenvalue weighted by molar-refractivity contribution is -0.130. The van der Waals surface area contributed by atoms with E-state index in [4.69, 9.17) is 4.74 Å². The monoisotopic (exact) mass is 198 g/mol. The molecule has 1 heterocycles. The molecule has 0 saturated carbocycles. The lowest BCUT2D eigenvalue weighted by Crippen LogP contribution is -2.22. The third kappa shape index (κ3) is 3.41. The second-order valence-corrected chi connectivity index (χ2v) is 4.58. The second-order valence-electron chi connectivity index (χ2n) is 4.58. The molecule has 14 heavy (non-hydrogen) atoms. The van der Waals surface area contributed by atoms with E-state index in [1.165, 1.54) is 0 Å². The lowest BCUT2D eigenvalue weighted by atomic mass is 9.96. The number of ketones is 1. The molecular formula is C12H22O2. The molecule has 1 saturated heterocycles. The van der Waals surface area contributed by atoms with Crippen molar-refractivity contribution in [2.75, 3.05) is 0 Å². The van der Waals surface area contributed by atoms with Crippen LogP contribution in [-0.2, 0) is 9.53 Å². The molecule has 0 N–H and O–H groups in total. The molecule has 1 aliphatic rings. The van der Waals surface area contributed by atoms with Crippen molar-refractivity contribution in [3.8, 4) is 0 Å². The molecule has 0 spiro atoms. The molecule has 0 amide bonds. The third-order valence-corrected chi connectivity index (χ3v) is 2.92. The summed E-state index contributed by atoms with van der Waals surface area (Å²) in [5, 5.41) is 0. The Bertz CT molecular complexity index is 189. The van der Waals surface area contributed by atoms with E-state index >= 15 is 0 Å². The van der Waals surface area contributed by atoms with Crippen LogP contribution in [0.25, 0.3) is 0 Å². The van der Waals surface area contributed by atoms with E-state index in [-0.39, 0.29) is 12.2 Å². The van der Waals surface area contributed by atoms with E-state index in [0.29, 0.717) is 18.1 Å². The number of hydrogen-bond donors (Lipinski definition) is 0. The Hall–Kier alpha value is -0.370. The van der Waals surface area contributed by atoms with Gasteiger partial charge in [-0.05, 0) is 25.7 Å². The minimum absolute atomic E-state index is 0.0932. The van der Waals surface area contributed by atoms with Crippen molar-refractivity contribution in [3.63, 3.8) is 0 Å². The highest BCUT2D eigenvalue weighted by atomic mass is 16.5. The summed E-state index contributed by atoms with van der Waals surface area (Å²) in [7, 11) is 0. The SMILES string of the molecule is CCCC(C)CC(=O)C1CCC(C)O1. The molecule has 3 atom stereocenters. The van der Waals surface area contributed by atoms with Gasteiger partial charge in [-0.1, -0.05) is 26.7 Å². The van der Waals surface area contributed by atoms with Gasteiger partial charge in [-0.25, -0.2) is 0 Å². The molecule has 3 unspecified atom stereocenters. The summed E-state index contributed by atoms with van der Waals surface area (Å²) < 4.78 is 5.55. The second kappa shape index (κ2) is 5.50. The van der Waals surface area contributed by atoms with Crippen LogP contribution in [0.2, 0.25) is 0 Å². The van der Waals surface area contributed by atoms with Gasteiger partial charge in [-0.15, -0.1) is 0 Å². The number of rotatable bonds is 5. The minimum Gasteiger partial charge on any atom is -0.368 e. The highest BCUT2D eigenvalue weighted by Gasteiger charge is 2.28. The van der Waals surface area contributed by atoms with Gasteiger partial charge in [0.25, 0.3) is 0 Å². The summed E-state index contributed by atoms with van der Waals surface area (Å²) in [6.07, 6.45) is 5.17. The van der Waals surface area contributed by atoms with Crippen LogP contribution in [-0.4, -0.2) is 18.0 Å². The van der Waals surface area contributed by atoms with Crippen molar-refractivity contribution in [1.29, 1.82) is 0 Å². The first-order valence-electron chi connectivity index (χ1n) is 5.81. The van der Waals surface area contributed by atoms with Crippen LogP contribution < -0.4 is 0 Å². The maximum absolute atomic E-state index is 11.8. The summed E-state index contributed by atoms with van der Waals surface area (Å²) in [5.41, 5.74) is 0. The zero-order valence-electron chi connectivity index (χ0n) is 9.58. The zero-order valence-corrected chi connectivity index (χ0v) is 9.58. The fraction of sp³-hybridized carbons (Fsp3) is 0.917. The number of carbonyl (C=O) groups is 1. The van der Waals surface area contributed by atoms with Gasteiger partial charge in [0.05, 0.1) is 6.10 Å². The normalized spacial score (nSPS) is 29.1. The fourth-order valence-corrected chi connectivity index (χ4v) is 2.11. The van der Waals surface area contributed by atoms with Gasteiger partial charge >= 0.3 is 0 Å². The van der Waals surface area contributed by atoms with Crippen LogP contribution >= 0.6 is 0 Å². The molecule has 2 nitrogen and oxygen atoms in total. The van der Waals surface area contributed by atoms with Gasteiger partial charge in [0.15, 0.2) is 5.78 Å². The van der Waals surface area contributed by atoms with Gasteiger partial charge < -0.3 is 4.74 Å². The van der Waals surface area contributed by atoms with E-state index in [9.17, 15) is 4.79 Å². The number of ether oxygens (including phenoxy) is 1. The lowest BCUT2D eigenvalue weighted by Gasteiger charge is -2.13. The fourth-order valence-electron chi connectivity index (χ4n) is 2.11. The first kappa shape index (κ1) is 11.7. The van der Waals surface area contributed by atoms with Gasteiger partial charge in [-0.2, -0.15) is 0 Å².